The lowest BCUT2D eigenvalue weighted by Crippen LogP contribution is -2.56. The van der Waals surface area contributed by atoms with Gasteiger partial charge in [0, 0.05) is 57.3 Å². The molecule has 2 atom stereocenters. The van der Waals surface area contributed by atoms with Crippen molar-refractivity contribution in [1.82, 2.24) is 14.7 Å². The Hall–Kier alpha value is -1.37. The third-order valence-corrected chi connectivity index (χ3v) is 5.50. The van der Waals surface area contributed by atoms with Crippen LogP contribution in [0.2, 0.25) is 0 Å². The Bertz CT molecular complexity index is 512. The summed E-state index contributed by atoms with van der Waals surface area (Å²) in [5.74, 6) is -0.246. The van der Waals surface area contributed by atoms with Crippen LogP contribution in [0.1, 0.15) is 24.8 Å². The number of aliphatic carboxylic acids is 1. The van der Waals surface area contributed by atoms with E-state index < -0.39 is 5.97 Å². The summed E-state index contributed by atoms with van der Waals surface area (Å²) in [7, 11) is 2.17. The van der Waals surface area contributed by atoms with Crippen molar-refractivity contribution in [1.29, 1.82) is 0 Å². The maximum Gasteiger partial charge on any atom is 0.303 e. The third kappa shape index (κ3) is 4.59. The molecule has 0 aliphatic carbocycles. The van der Waals surface area contributed by atoms with Gasteiger partial charge in [-0.1, -0.05) is 0 Å². The Labute approximate surface area is 144 Å². The summed E-state index contributed by atoms with van der Waals surface area (Å²) in [5.41, 5.74) is 1.20. The molecule has 2 fully saturated rings. The zero-order valence-corrected chi connectivity index (χ0v) is 14.6. The molecule has 2 aliphatic rings. The summed E-state index contributed by atoms with van der Waals surface area (Å²) in [6.45, 7) is 7.39. The number of piperidine rings is 1. The van der Waals surface area contributed by atoms with Gasteiger partial charge in [-0.05, 0) is 38.4 Å². The van der Waals surface area contributed by atoms with Gasteiger partial charge in [0.1, 0.15) is 0 Å². The third-order valence-electron chi connectivity index (χ3n) is 5.50. The van der Waals surface area contributed by atoms with Crippen LogP contribution in [0.4, 0.5) is 0 Å². The number of piperazine rings is 1. The Morgan fingerprint density at radius 2 is 2.08 bits per heavy atom. The highest BCUT2D eigenvalue weighted by atomic mass is 16.4. The van der Waals surface area contributed by atoms with Crippen molar-refractivity contribution in [2.24, 2.45) is 5.92 Å². The predicted molar refractivity (Wildman–Crippen MR) is 91.8 cm³/mol. The van der Waals surface area contributed by atoms with Crippen LogP contribution in [0.3, 0.4) is 0 Å². The number of hydrogen-bond donors (Lipinski definition) is 1. The van der Waals surface area contributed by atoms with Crippen LogP contribution in [0.5, 0.6) is 0 Å². The molecule has 1 aromatic heterocycles. The number of likely N-dealkylation sites (N-methyl/N-ethyl adjacent to an activating group) is 1. The van der Waals surface area contributed by atoms with E-state index in [1.54, 1.807) is 12.5 Å². The topological polar surface area (TPSA) is 60.2 Å². The average molecular weight is 335 g/mol. The summed E-state index contributed by atoms with van der Waals surface area (Å²) in [6.07, 6.45) is 5.70. The van der Waals surface area contributed by atoms with Gasteiger partial charge in [-0.2, -0.15) is 0 Å². The fraction of sp³-hybridized carbons (Fsp3) is 0.722. The van der Waals surface area contributed by atoms with Crippen molar-refractivity contribution in [2.45, 2.75) is 31.8 Å². The zero-order valence-electron chi connectivity index (χ0n) is 14.6. The molecule has 3 heterocycles. The summed E-state index contributed by atoms with van der Waals surface area (Å²) >= 11 is 0. The standard InChI is InChI=1S/C18H29N3O3/c1-19-7-9-21(10-8-19)17-4-6-20(12-15-5-11-24-14-15)13-16(17)2-3-18(22)23/h5,11,14,16-17H,2-4,6-10,12-13H2,1H3,(H,22,23)/t16-,17+/m0/s1. The summed E-state index contributed by atoms with van der Waals surface area (Å²) in [4.78, 5) is 18.5. The molecule has 0 bridgehead atoms. The first kappa shape index (κ1) is 17.5. The van der Waals surface area contributed by atoms with Gasteiger partial charge in [-0.3, -0.25) is 14.6 Å². The van der Waals surface area contributed by atoms with Crippen molar-refractivity contribution < 1.29 is 14.3 Å². The first-order chi connectivity index (χ1) is 11.6. The van der Waals surface area contributed by atoms with E-state index in [4.69, 9.17) is 9.52 Å². The molecule has 1 N–H and O–H groups in total. The molecule has 6 heteroatoms. The van der Waals surface area contributed by atoms with E-state index in [-0.39, 0.29) is 6.42 Å². The van der Waals surface area contributed by atoms with Crippen LogP contribution in [-0.4, -0.2) is 78.1 Å². The second-order valence-electron chi connectivity index (χ2n) is 7.25. The number of carboxylic acids is 1. The molecule has 1 aromatic rings. The van der Waals surface area contributed by atoms with Gasteiger partial charge in [-0.25, -0.2) is 0 Å². The van der Waals surface area contributed by atoms with Crippen LogP contribution in [0, 0.1) is 5.92 Å². The van der Waals surface area contributed by atoms with Gasteiger partial charge < -0.3 is 14.4 Å². The van der Waals surface area contributed by atoms with Gasteiger partial charge in [0.25, 0.3) is 0 Å². The highest BCUT2D eigenvalue weighted by molar-refractivity contribution is 5.66. The maximum absolute atomic E-state index is 11.1. The molecule has 0 spiro atoms. The summed E-state index contributed by atoms with van der Waals surface area (Å²) in [6, 6.07) is 2.54. The summed E-state index contributed by atoms with van der Waals surface area (Å²) in [5, 5.41) is 9.10. The Morgan fingerprint density at radius 1 is 1.29 bits per heavy atom. The minimum atomic E-state index is -0.681. The SMILES string of the molecule is CN1CCN([C@@H]2CCN(Cc3ccoc3)C[C@@H]2CCC(=O)O)CC1. The normalized spacial score (nSPS) is 27.4. The quantitative estimate of drug-likeness (QED) is 0.852. The number of likely N-dealkylation sites (tertiary alicyclic amines) is 1. The van der Waals surface area contributed by atoms with Gasteiger partial charge >= 0.3 is 5.97 Å². The highest BCUT2D eigenvalue weighted by Crippen LogP contribution is 2.28. The average Bonchev–Trinajstić information content (AvgIpc) is 3.07. The van der Waals surface area contributed by atoms with Crippen molar-refractivity contribution in [3.63, 3.8) is 0 Å². The second kappa shape index (κ2) is 8.14. The van der Waals surface area contributed by atoms with Gasteiger partial charge in [0.15, 0.2) is 0 Å². The Balaban J connectivity index is 1.61. The van der Waals surface area contributed by atoms with E-state index in [1.165, 1.54) is 5.56 Å². The van der Waals surface area contributed by atoms with Crippen molar-refractivity contribution in [3.8, 4) is 0 Å². The van der Waals surface area contributed by atoms with Gasteiger partial charge in [0.2, 0.25) is 0 Å². The molecule has 2 aliphatic heterocycles. The number of hydrogen-bond acceptors (Lipinski definition) is 5. The number of nitrogens with zero attached hydrogens (tertiary/aromatic N) is 3. The van der Waals surface area contributed by atoms with Gasteiger partial charge in [-0.15, -0.1) is 0 Å². The van der Waals surface area contributed by atoms with E-state index in [9.17, 15) is 4.79 Å². The maximum atomic E-state index is 11.1. The monoisotopic (exact) mass is 335 g/mol. The molecule has 0 amide bonds. The van der Waals surface area contributed by atoms with Crippen LogP contribution in [0.15, 0.2) is 23.0 Å². The molecular formula is C18H29N3O3. The zero-order chi connectivity index (χ0) is 16.9. The van der Waals surface area contributed by atoms with Crippen molar-refractivity contribution >= 4 is 5.97 Å². The number of rotatable bonds is 6. The lowest BCUT2D eigenvalue weighted by Gasteiger charge is -2.46. The fourth-order valence-corrected chi connectivity index (χ4v) is 4.11. The molecule has 6 nitrogen and oxygen atoms in total. The van der Waals surface area contributed by atoms with Gasteiger partial charge in [0.05, 0.1) is 12.5 Å². The second-order valence-corrected chi connectivity index (χ2v) is 7.25. The lowest BCUT2D eigenvalue weighted by atomic mass is 9.86. The predicted octanol–water partition coefficient (Wildman–Crippen LogP) is 1.58. The minimum Gasteiger partial charge on any atom is -0.481 e. The molecule has 0 saturated carbocycles. The molecule has 134 valence electrons. The van der Waals surface area contributed by atoms with Crippen LogP contribution in [-0.2, 0) is 11.3 Å². The van der Waals surface area contributed by atoms with Crippen LogP contribution < -0.4 is 0 Å². The van der Waals surface area contributed by atoms with E-state index in [2.05, 4.69) is 21.7 Å². The Morgan fingerprint density at radius 3 is 2.75 bits per heavy atom. The first-order valence-corrected chi connectivity index (χ1v) is 8.99. The fourth-order valence-electron chi connectivity index (χ4n) is 4.11. The van der Waals surface area contributed by atoms with E-state index in [0.717, 1.165) is 58.7 Å². The molecular weight excluding hydrogens is 306 g/mol. The van der Waals surface area contributed by atoms with Crippen LogP contribution >= 0.6 is 0 Å². The molecule has 24 heavy (non-hydrogen) atoms. The minimum absolute atomic E-state index is 0.272. The van der Waals surface area contributed by atoms with E-state index >= 15 is 0 Å². The van der Waals surface area contributed by atoms with Crippen molar-refractivity contribution in [2.75, 3.05) is 46.3 Å². The van der Waals surface area contributed by atoms with E-state index in [0.29, 0.717) is 12.0 Å². The van der Waals surface area contributed by atoms with E-state index in [1.807, 2.05) is 6.07 Å². The highest BCUT2D eigenvalue weighted by Gasteiger charge is 2.34. The molecule has 2 saturated heterocycles. The number of carbonyl (C=O) groups is 1. The largest absolute Gasteiger partial charge is 0.481 e. The Kier molecular flexibility index (Phi) is 5.92. The number of carboxylic acid groups (broad SMARTS) is 1. The lowest BCUT2D eigenvalue weighted by molar-refractivity contribution is -0.137. The molecule has 0 unspecified atom stereocenters. The smallest absolute Gasteiger partial charge is 0.303 e. The molecule has 0 aromatic carbocycles. The summed E-state index contributed by atoms with van der Waals surface area (Å²) < 4.78 is 5.17. The molecule has 0 radical (unpaired) electrons. The van der Waals surface area contributed by atoms with Crippen LogP contribution in [0.25, 0.3) is 0 Å². The molecule has 3 rings (SSSR count). The number of furan rings is 1. The first-order valence-electron chi connectivity index (χ1n) is 8.99. The van der Waals surface area contributed by atoms with Crippen molar-refractivity contribution in [3.05, 3.63) is 24.2 Å².